The number of thioether (sulfide) groups is 1. The van der Waals surface area contributed by atoms with E-state index in [1.807, 2.05) is 36.0 Å². The molecule has 0 aliphatic carbocycles. The summed E-state index contributed by atoms with van der Waals surface area (Å²) in [5.74, 6) is 2.26. The van der Waals surface area contributed by atoms with Gasteiger partial charge in [-0.1, -0.05) is 12.1 Å². The second-order valence-corrected chi connectivity index (χ2v) is 7.21. The van der Waals surface area contributed by atoms with E-state index in [9.17, 15) is 13.2 Å². The molecule has 2 aromatic rings. The Morgan fingerprint density at radius 1 is 1.08 bits per heavy atom. The van der Waals surface area contributed by atoms with Gasteiger partial charge in [-0.3, -0.25) is 0 Å². The predicted molar refractivity (Wildman–Crippen MR) is 99.5 cm³/mol. The van der Waals surface area contributed by atoms with Crippen LogP contribution < -0.4 is 10.2 Å². The molecule has 3 nitrogen and oxygen atoms in total. The van der Waals surface area contributed by atoms with Crippen LogP contribution in [0.15, 0.2) is 42.5 Å². The van der Waals surface area contributed by atoms with E-state index in [1.54, 1.807) is 6.07 Å². The Kier molecular flexibility index (Phi) is 5.62. The first-order valence-corrected chi connectivity index (χ1v) is 9.40. The van der Waals surface area contributed by atoms with Crippen molar-refractivity contribution in [3.63, 3.8) is 0 Å². The highest BCUT2D eigenvalue weighted by molar-refractivity contribution is 7.99. The van der Waals surface area contributed by atoms with Crippen molar-refractivity contribution in [2.45, 2.75) is 12.7 Å². The van der Waals surface area contributed by atoms with Crippen LogP contribution >= 0.6 is 11.8 Å². The van der Waals surface area contributed by atoms with E-state index in [4.69, 9.17) is 5.26 Å². The molecule has 1 aliphatic heterocycles. The number of nitrogens with one attached hydrogen (secondary N) is 1. The van der Waals surface area contributed by atoms with E-state index in [2.05, 4.69) is 10.2 Å². The number of benzene rings is 2. The van der Waals surface area contributed by atoms with Crippen LogP contribution in [0.4, 0.5) is 24.5 Å². The minimum absolute atomic E-state index is 0.341. The molecule has 3 rings (SSSR count). The van der Waals surface area contributed by atoms with Crippen molar-refractivity contribution in [1.82, 2.24) is 0 Å². The summed E-state index contributed by atoms with van der Waals surface area (Å²) in [4.78, 5) is 2.34. The molecule has 1 saturated heterocycles. The van der Waals surface area contributed by atoms with E-state index in [1.165, 1.54) is 17.8 Å². The van der Waals surface area contributed by atoms with Gasteiger partial charge in [0, 0.05) is 42.5 Å². The number of hydrogen-bond donors (Lipinski definition) is 1. The molecule has 0 radical (unpaired) electrons. The average Bonchev–Trinajstić information content (AvgIpc) is 2.66. The van der Waals surface area contributed by atoms with Gasteiger partial charge in [-0.15, -0.1) is 0 Å². The number of rotatable bonds is 4. The predicted octanol–water partition coefficient (Wildman–Crippen LogP) is 4.74. The molecular formula is C19H18F3N3S. The molecule has 26 heavy (non-hydrogen) atoms. The van der Waals surface area contributed by atoms with Gasteiger partial charge in [0.25, 0.3) is 0 Å². The van der Waals surface area contributed by atoms with Gasteiger partial charge in [0.15, 0.2) is 0 Å². The third-order valence-electron chi connectivity index (χ3n) is 4.25. The number of hydrogen-bond acceptors (Lipinski definition) is 4. The SMILES string of the molecule is N#Cc1ccc(NCc2ccc(N3CCSCC3)cc2)cc1C(F)(F)F. The Hall–Kier alpha value is -2.33. The van der Waals surface area contributed by atoms with Gasteiger partial charge < -0.3 is 10.2 Å². The molecule has 0 amide bonds. The van der Waals surface area contributed by atoms with E-state index in [0.717, 1.165) is 36.2 Å². The van der Waals surface area contributed by atoms with Crippen LogP contribution in [0, 0.1) is 11.3 Å². The van der Waals surface area contributed by atoms with Crippen molar-refractivity contribution in [2.75, 3.05) is 34.8 Å². The summed E-state index contributed by atoms with van der Waals surface area (Å²) in [5, 5.41) is 11.8. The highest BCUT2D eigenvalue weighted by Gasteiger charge is 2.33. The number of alkyl halides is 3. The fourth-order valence-corrected chi connectivity index (χ4v) is 3.74. The molecule has 7 heteroatoms. The fraction of sp³-hybridized carbons (Fsp3) is 0.316. The van der Waals surface area contributed by atoms with Gasteiger partial charge >= 0.3 is 6.18 Å². The molecule has 0 saturated carbocycles. The van der Waals surface area contributed by atoms with Gasteiger partial charge in [-0.05, 0) is 35.9 Å². The summed E-state index contributed by atoms with van der Waals surface area (Å²) in [6, 6.07) is 13.3. The quantitative estimate of drug-likeness (QED) is 0.835. The Morgan fingerprint density at radius 2 is 1.77 bits per heavy atom. The van der Waals surface area contributed by atoms with Gasteiger partial charge in [0.1, 0.15) is 0 Å². The van der Waals surface area contributed by atoms with E-state index in [0.29, 0.717) is 12.2 Å². The molecule has 1 heterocycles. The van der Waals surface area contributed by atoms with Gasteiger partial charge in [-0.25, -0.2) is 0 Å². The third-order valence-corrected chi connectivity index (χ3v) is 5.20. The zero-order chi connectivity index (χ0) is 18.6. The summed E-state index contributed by atoms with van der Waals surface area (Å²) in [6.45, 7) is 2.49. The van der Waals surface area contributed by atoms with Crippen molar-refractivity contribution in [1.29, 1.82) is 5.26 Å². The molecule has 0 bridgehead atoms. The molecule has 0 atom stereocenters. The summed E-state index contributed by atoms with van der Waals surface area (Å²) in [5.41, 5.74) is 1.22. The molecule has 1 fully saturated rings. The minimum Gasteiger partial charge on any atom is -0.381 e. The second-order valence-electron chi connectivity index (χ2n) is 5.99. The van der Waals surface area contributed by atoms with E-state index in [-0.39, 0.29) is 5.56 Å². The maximum Gasteiger partial charge on any atom is 0.417 e. The zero-order valence-corrected chi connectivity index (χ0v) is 14.8. The second kappa shape index (κ2) is 7.92. The Labute approximate surface area is 154 Å². The fourth-order valence-electron chi connectivity index (χ4n) is 2.84. The molecule has 136 valence electrons. The van der Waals surface area contributed by atoms with Crippen LogP contribution in [-0.4, -0.2) is 24.6 Å². The highest BCUT2D eigenvalue weighted by atomic mass is 32.2. The first kappa shape index (κ1) is 18.5. The van der Waals surface area contributed by atoms with Gasteiger partial charge in [0.2, 0.25) is 0 Å². The van der Waals surface area contributed by atoms with Crippen molar-refractivity contribution >= 4 is 23.1 Å². The molecule has 1 aliphatic rings. The Morgan fingerprint density at radius 3 is 2.38 bits per heavy atom. The largest absolute Gasteiger partial charge is 0.417 e. The van der Waals surface area contributed by atoms with Crippen LogP contribution in [-0.2, 0) is 12.7 Å². The summed E-state index contributed by atoms with van der Waals surface area (Å²) in [6.07, 6.45) is -4.54. The third kappa shape index (κ3) is 4.44. The highest BCUT2D eigenvalue weighted by Crippen LogP contribution is 2.33. The molecule has 2 aromatic carbocycles. The normalized spacial score (nSPS) is 14.8. The Bertz CT molecular complexity index is 791. The number of anilines is 2. The Balaban J connectivity index is 1.66. The van der Waals surface area contributed by atoms with Crippen molar-refractivity contribution < 1.29 is 13.2 Å². The first-order chi connectivity index (χ1) is 12.5. The van der Waals surface area contributed by atoms with Gasteiger partial charge in [-0.2, -0.15) is 30.2 Å². The lowest BCUT2D eigenvalue weighted by Crippen LogP contribution is -2.32. The van der Waals surface area contributed by atoms with E-state index >= 15 is 0 Å². The first-order valence-electron chi connectivity index (χ1n) is 8.24. The van der Waals surface area contributed by atoms with E-state index < -0.39 is 11.7 Å². The maximum atomic E-state index is 13.0. The van der Waals surface area contributed by atoms with Crippen LogP contribution in [0.2, 0.25) is 0 Å². The smallest absolute Gasteiger partial charge is 0.381 e. The van der Waals surface area contributed by atoms with Crippen molar-refractivity contribution in [3.05, 3.63) is 59.2 Å². The van der Waals surface area contributed by atoms with Crippen LogP contribution in [0.3, 0.4) is 0 Å². The maximum absolute atomic E-state index is 13.0. The summed E-state index contributed by atoms with van der Waals surface area (Å²) in [7, 11) is 0. The summed E-state index contributed by atoms with van der Waals surface area (Å²) < 4.78 is 39.0. The molecule has 0 spiro atoms. The van der Waals surface area contributed by atoms with Crippen LogP contribution in [0.1, 0.15) is 16.7 Å². The topological polar surface area (TPSA) is 39.1 Å². The molecule has 1 N–H and O–H groups in total. The van der Waals surface area contributed by atoms with Gasteiger partial charge in [0.05, 0.1) is 17.2 Å². The lowest BCUT2D eigenvalue weighted by Gasteiger charge is -2.28. The summed E-state index contributed by atoms with van der Waals surface area (Å²) >= 11 is 1.96. The zero-order valence-electron chi connectivity index (χ0n) is 14.0. The van der Waals surface area contributed by atoms with Crippen LogP contribution in [0.25, 0.3) is 0 Å². The lowest BCUT2D eigenvalue weighted by atomic mass is 10.1. The average molecular weight is 377 g/mol. The number of nitrogens with zero attached hydrogens (tertiary/aromatic N) is 2. The van der Waals surface area contributed by atoms with Crippen molar-refractivity contribution in [3.8, 4) is 6.07 Å². The lowest BCUT2D eigenvalue weighted by molar-refractivity contribution is -0.137. The number of nitriles is 1. The molecule has 0 unspecified atom stereocenters. The monoisotopic (exact) mass is 377 g/mol. The molecule has 0 aromatic heterocycles. The molecular weight excluding hydrogens is 359 g/mol. The number of halogens is 3. The standard InChI is InChI=1S/C19H18F3N3S/c20-19(21,22)18-11-16(4-3-15(18)12-23)24-13-14-1-5-17(6-2-14)25-7-9-26-10-8-25/h1-6,11,24H,7-10,13H2. The van der Waals surface area contributed by atoms with Crippen molar-refractivity contribution in [2.24, 2.45) is 0 Å². The minimum atomic E-state index is -4.54. The van der Waals surface area contributed by atoms with Crippen LogP contribution in [0.5, 0.6) is 0 Å².